The second-order valence-corrected chi connectivity index (χ2v) is 5.64. The number of fused-ring (bicyclic) bond motifs is 1. The molecule has 1 amide bonds. The molecule has 1 aromatic heterocycles. The maximum absolute atomic E-state index is 12.1. The molecule has 0 spiro atoms. The number of H-pyrrole nitrogens is 1. The highest BCUT2D eigenvalue weighted by Gasteiger charge is 2.18. The Hall–Kier alpha value is -2.60. The number of rotatable bonds is 4. The summed E-state index contributed by atoms with van der Waals surface area (Å²) in [6, 6.07) is 16.5. The molecule has 1 heterocycles. The fourth-order valence-electron chi connectivity index (χ4n) is 2.17. The Bertz CT molecular complexity index is 859. The molecule has 0 saturated heterocycles. The Labute approximate surface area is 140 Å². The Morgan fingerprint density at radius 1 is 1.04 bits per heavy atom. The van der Waals surface area contributed by atoms with Gasteiger partial charge in [0.05, 0.1) is 4.47 Å². The molecule has 2 aromatic carbocycles. The molecule has 2 N–H and O–H groups in total. The first-order chi connectivity index (χ1) is 11.1. The fourth-order valence-corrected chi connectivity index (χ4v) is 2.78. The third-order valence-electron chi connectivity index (χ3n) is 3.24. The number of aromatic amines is 1. The highest BCUT2D eigenvalue weighted by molar-refractivity contribution is 9.10. The first-order valence-electron chi connectivity index (χ1n) is 6.93. The standard InChI is InChI=1S/C17H13BrN2O3/c18-15-12-8-4-5-9-13(12)20-16(15)17(22)23-10-14(21)19-11-6-2-1-3-7-11/h1-9,20H,10H2,(H,19,21). The molecule has 0 atom stereocenters. The minimum atomic E-state index is -0.587. The number of esters is 1. The summed E-state index contributed by atoms with van der Waals surface area (Å²) in [5.41, 5.74) is 1.76. The van der Waals surface area contributed by atoms with Crippen LogP contribution in [0.2, 0.25) is 0 Å². The van der Waals surface area contributed by atoms with E-state index < -0.39 is 11.9 Å². The van der Waals surface area contributed by atoms with Crippen molar-refractivity contribution in [2.45, 2.75) is 0 Å². The summed E-state index contributed by atoms with van der Waals surface area (Å²) in [6.07, 6.45) is 0. The summed E-state index contributed by atoms with van der Waals surface area (Å²) in [5.74, 6) is -0.979. The molecule has 5 nitrogen and oxygen atoms in total. The van der Waals surface area contributed by atoms with Crippen molar-refractivity contribution in [1.82, 2.24) is 4.98 Å². The number of carbonyl (C=O) groups is 2. The van der Waals surface area contributed by atoms with E-state index in [9.17, 15) is 9.59 Å². The van der Waals surface area contributed by atoms with Gasteiger partial charge in [-0.05, 0) is 34.1 Å². The number of benzene rings is 2. The van der Waals surface area contributed by atoms with Crippen LogP contribution in [0.5, 0.6) is 0 Å². The van der Waals surface area contributed by atoms with Gasteiger partial charge in [0.25, 0.3) is 5.91 Å². The molecule has 0 radical (unpaired) electrons. The van der Waals surface area contributed by atoms with Gasteiger partial charge in [-0.25, -0.2) is 4.79 Å². The van der Waals surface area contributed by atoms with Crippen LogP contribution in [-0.2, 0) is 9.53 Å². The lowest BCUT2D eigenvalue weighted by Crippen LogP contribution is -2.21. The topological polar surface area (TPSA) is 71.2 Å². The quantitative estimate of drug-likeness (QED) is 0.685. The van der Waals surface area contributed by atoms with Crippen molar-refractivity contribution >= 4 is 44.4 Å². The Morgan fingerprint density at radius 2 is 1.74 bits per heavy atom. The highest BCUT2D eigenvalue weighted by atomic mass is 79.9. The summed E-state index contributed by atoms with van der Waals surface area (Å²) in [4.78, 5) is 26.9. The zero-order valence-corrected chi connectivity index (χ0v) is 13.6. The Balaban J connectivity index is 1.64. The SMILES string of the molecule is O=C(COC(=O)c1[nH]c2ccccc2c1Br)Nc1ccccc1. The normalized spacial score (nSPS) is 10.5. The van der Waals surface area contributed by atoms with E-state index in [4.69, 9.17) is 4.74 Å². The van der Waals surface area contributed by atoms with Gasteiger partial charge in [-0.2, -0.15) is 0 Å². The van der Waals surface area contributed by atoms with Crippen LogP contribution >= 0.6 is 15.9 Å². The zero-order chi connectivity index (χ0) is 16.2. The third kappa shape index (κ3) is 3.43. The van der Waals surface area contributed by atoms with E-state index >= 15 is 0 Å². The summed E-state index contributed by atoms with van der Waals surface area (Å²) in [5, 5.41) is 3.53. The molecule has 3 rings (SSSR count). The number of halogens is 1. The van der Waals surface area contributed by atoms with E-state index in [1.165, 1.54) is 0 Å². The van der Waals surface area contributed by atoms with E-state index in [0.29, 0.717) is 15.9 Å². The van der Waals surface area contributed by atoms with Crippen LogP contribution in [0.15, 0.2) is 59.1 Å². The van der Waals surface area contributed by atoms with Gasteiger partial charge < -0.3 is 15.0 Å². The summed E-state index contributed by atoms with van der Waals surface area (Å²) in [6.45, 7) is -0.352. The zero-order valence-electron chi connectivity index (χ0n) is 12.0. The van der Waals surface area contributed by atoms with Crippen molar-refractivity contribution in [2.75, 3.05) is 11.9 Å². The number of amides is 1. The number of para-hydroxylation sites is 2. The van der Waals surface area contributed by atoms with Crippen LogP contribution < -0.4 is 5.32 Å². The largest absolute Gasteiger partial charge is 0.451 e. The monoisotopic (exact) mass is 372 g/mol. The lowest BCUT2D eigenvalue weighted by atomic mass is 10.2. The van der Waals surface area contributed by atoms with Gasteiger partial charge >= 0.3 is 5.97 Å². The molecule has 0 saturated carbocycles. The minimum absolute atomic E-state index is 0.290. The van der Waals surface area contributed by atoms with E-state index in [1.807, 2.05) is 42.5 Å². The second-order valence-electron chi connectivity index (χ2n) is 4.85. The minimum Gasteiger partial charge on any atom is -0.451 e. The lowest BCUT2D eigenvalue weighted by Gasteiger charge is -2.06. The molecule has 0 aliphatic rings. The van der Waals surface area contributed by atoms with Crippen LogP contribution in [-0.4, -0.2) is 23.5 Å². The number of aromatic nitrogens is 1. The van der Waals surface area contributed by atoms with Gasteiger partial charge in [0.1, 0.15) is 5.69 Å². The summed E-state index contributed by atoms with van der Waals surface area (Å²) in [7, 11) is 0. The fraction of sp³-hybridized carbons (Fsp3) is 0.0588. The van der Waals surface area contributed by atoms with E-state index in [0.717, 1.165) is 10.9 Å². The maximum atomic E-state index is 12.1. The van der Waals surface area contributed by atoms with Gasteiger partial charge in [0.15, 0.2) is 6.61 Å². The first-order valence-corrected chi connectivity index (χ1v) is 7.72. The molecule has 23 heavy (non-hydrogen) atoms. The molecule has 0 unspecified atom stereocenters. The molecule has 116 valence electrons. The molecule has 0 aliphatic carbocycles. The number of ether oxygens (including phenoxy) is 1. The average molecular weight is 373 g/mol. The van der Waals surface area contributed by atoms with Crippen LogP contribution in [0.4, 0.5) is 5.69 Å². The van der Waals surface area contributed by atoms with Crippen LogP contribution in [0, 0.1) is 0 Å². The number of hydrogen-bond donors (Lipinski definition) is 2. The van der Waals surface area contributed by atoms with Crippen molar-refractivity contribution in [3.8, 4) is 0 Å². The van der Waals surface area contributed by atoms with Crippen LogP contribution in [0.1, 0.15) is 10.5 Å². The van der Waals surface area contributed by atoms with Crippen molar-refractivity contribution in [3.63, 3.8) is 0 Å². The Kier molecular flexibility index (Phi) is 4.43. The number of anilines is 1. The predicted octanol–water partition coefficient (Wildman–Crippen LogP) is 3.73. The van der Waals surface area contributed by atoms with Gasteiger partial charge in [0, 0.05) is 16.6 Å². The van der Waals surface area contributed by atoms with E-state index in [2.05, 4.69) is 26.2 Å². The molecular weight excluding hydrogens is 360 g/mol. The second kappa shape index (κ2) is 6.66. The van der Waals surface area contributed by atoms with Gasteiger partial charge in [-0.1, -0.05) is 36.4 Å². The van der Waals surface area contributed by atoms with E-state index in [1.54, 1.807) is 12.1 Å². The number of hydrogen-bond acceptors (Lipinski definition) is 3. The Morgan fingerprint density at radius 3 is 2.48 bits per heavy atom. The van der Waals surface area contributed by atoms with Gasteiger partial charge in [-0.3, -0.25) is 4.79 Å². The van der Waals surface area contributed by atoms with Crippen molar-refractivity contribution in [1.29, 1.82) is 0 Å². The third-order valence-corrected chi connectivity index (χ3v) is 4.06. The van der Waals surface area contributed by atoms with Crippen molar-refractivity contribution < 1.29 is 14.3 Å². The van der Waals surface area contributed by atoms with Crippen molar-refractivity contribution in [3.05, 3.63) is 64.8 Å². The molecule has 0 fully saturated rings. The average Bonchev–Trinajstić information content (AvgIpc) is 2.91. The van der Waals surface area contributed by atoms with Crippen molar-refractivity contribution in [2.24, 2.45) is 0 Å². The first kappa shape index (κ1) is 15.3. The number of nitrogens with one attached hydrogen (secondary N) is 2. The summed E-state index contributed by atoms with van der Waals surface area (Å²) < 4.78 is 5.69. The van der Waals surface area contributed by atoms with Crippen LogP contribution in [0.3, 0.4) is 0 Å². The van der Waals surface area contributed by atoms with E-state index in [-0.39, 0.29) is 6.61 Å². The molecule has 0 aliphatic heterocycles. The molecule has 6 heteroatoms. The highest BCUT2D eigenvalue weighted by Crippen LogP contribution is 2.28. The smallest absolute Gasteiger partial charge is 0.356 e. The summed E-state index contributed by atoms with van der Waals surface area (Å²) >= 11 is 3.38. The van der Waals surface area contributed by atoms with Gasteiger partial charge in [0.2, 0.25) is 0 Å². The molecular formula is C17H13BrN2O3. The lowest BCUT2D eigenvalue weighted by molar-refractivity contribution is -0.119. The predicted molar refractivity (Wildman–Crippen MR) is 91.4 cm³/mol. The molecule has 0 bridgehead atoms. The van der Waals surface area contributed by atoms with Crippen LogP contribution in [0.25, 0.3) is 10.9 Å². The maximum Gasteiger partial charge on any atom is 0.356 e. The number of carbonyl (C=O) groups excluding carboxylic acids is 2. The van der Waals surface area contributed by atoms with Gasteiger partial charge in [-0.15, -0.1) is 0 Å². The molecule has 3 aromatic rings.